The Bertz CT molecular complexity index is 75.4. The quantitative estimate of drug-likeness (QED) is 0.344. The van der Waals surface area contributed by atoms with E-state index in [0.29, 0.717) is 0 Å². The van der Waals surface area contributed by atoms with Crippen molar-refractivity contribution >= 4 is 16.9 Å². The fraction of sp³-hybridized carbons (Fsp3) is 0. The van der Waals surface area contributed by atoms with E-state index in [0.717, 1.165) is 0 Å². The second-order valence-electron chi connectivity index (χ2n) is 0.260. The summed E-state index contributed by atoms with van der Waals surface area (Å²) < 4.78 is 17.6. The van der Waals surface area contributed by atoms with Crippen LogP contribution in [0.4, 0.5) is 0 Å². The van der Waals surface area contributed by atoms with E-state index in [-0.39, 0.29) is 0 Å². The van der Waals surface area contributed by atoms with Gasteiger partial charge in [0.2, 0.25) is 0 Å². The molecule has 0 aliphatic carbocycles. The number of hydrogen-bond acceptors (Lipinski definition) is 2. The van der Waals surface area contributed by atoms with Crippen LogP contribution in [0.15, 0.2) is 0 Å². The number of hydrogen-bond donors (Lipinski definition) is 0. The Hall–Kier alpha value is -0.115. The second kappa shape index (κ2) is 1.23. The second-order valence-corrected chi connectivity index (χ2v) is 0.781. The maximum absolute atomic E-state index is 8.78. The molecule has 4 heavy (non-hydrogen) atoms. The van der Waals surface area contributed by atoms with Gasteiger partial charge >= 0.3 is 25.3 Å². The molecule has 0 aliphatic heterocycles. The molecule has 4 heteroatoms. The topological polar surface area (TPSA) is 34.1 Å². The van der Waals surface area contributed by atoms with Crippen LogP contribution in [0.3, 0.4) is 0 Å². The molecule has 0 bridgehead atoms. The van der Waals surface area contributed by atoms with Crippen molar-refractivity contribution in [2.45, 2.75) is 0 Å². The molecule has 0 aromatic carbocycles. The summed E-state index contributed by atoms with van der Waals surface area (Å²) in [7, 11) is -2.36. The molecule has 0 spiro atoms. The predicted octanol–water partition coefficient (Wildman–Crippen LogP) is -1.05. The Balaban J connectivity index is 4.65. The summed E-state index contributed by atoms with van der Waals surface area (Å²) in [6.45, 7) is 4.03. The van der Waals surface area contributed by atoms with Crippen LogP contribution in [-0.2, 0) is 10.1 Å². The Morgan fingerprint density at radius 3 is 1.50 bits per heavy atom. The molecule has 0 saturated heterocycles. The van der Waals surface area contributed by atoms with Gasteiger partial charge in [-0.25, -0.2) is 0 Å². The van der Waals surface area contributed by atoms with Crippen molar-refractivity contribution in [3.8, 4) is 0 Å². The standard InChI is InChI=1S/BO2S/c1-4(2)3. The summed E-state index contributed by atoms with van der Waals surface area (Å²) in [4.78, 5) is 0. The predicted molar refractivity (Wildman–Crippen MR) is 14.7 cm³/mol. The minimum atomic E-state index is -2.36. The molecule has 1 radical (unpaired) electrons. The van der Waals surface area contributed by atoms with E-state index in [2.05, 4.69) is 6.72 Å². The first-order valence-corrected chi connectivity index (χ1v) is 1.71. The van der Waals surface area contributed by atoms with Gasteiger partial charge in [0.15, 0.2) is 0 Å². The van der Waals surface area contributed by atoms with E-state index in [4.69, 9.17) is 8.42 Å². The third-order valence-electron chi connectivity index (χ3n) is 0. The van der Waals surface area contributed by atoms with Crippen LogP contribution < -0.4 is 0 Å². The van der Waals surface area contributed by atoms with E-state index < -0.39 is 10.1 Å². The zero-order chi connectivity index (χ0) is 3.58. The molecular weight excluding hydrogens is 74.9 g/mol. The molecule has 0 N–H and O–H groups in total. The Labute approximate surface area is 26.3 Å². The van der Waals surface area contributed by atoms with Crippen LogP contribution in [0.1, 0.15) is 0 Å². The Morgan fingerprint density at radius 2 is 1.50 bits per heavy atom. The van der Waals surface area contributed by atoms with Crippen molar-refractivity contribution in [2.75, 3.05) is 0 Å². The molecule has 0 aromatic rings. The third kappa shape index (κ3) is 111. The van der Waals surface area contributed by atoms with Crippen LogP contribution in [-0.4, -0.2) is 15.1 Å². The Morgan fingerprint density at radius 1 is 1.50 bits per heavy atom. The average molecular weight is 74.9 g/mol. The summed E-state index contributed by atoms with van der Waals surface area (Å²) in [6.07, 6.45) is 0. The van der Waals surface area contributed by atoms with Gasteiger partial charge in [0, 0.05) is 0 Å². The minimum absolute atomic E-state index is 2.36. The Kier molecular flexibility index (Phi) is 1.20. The van der Waals surface area contributed by atoms with E-state index in [1.54, 1.807) is 0 Å². The average Bonchev–Trinajstić information content (AvgIpc) is 0.811. The van der Waals surface area contributed by atoms with Crippen LogP contribution in [0.5, 0.6) is 0 Å². The molecule has 21 valence electrons. The van der Waals surface area contributed by atoms with Crippen molar-refractivity contribution < 1.29 is 8.42 Å². The zero-order valence-corrected chi connectivity index (χ0v) is 2.62. The van der Waals surface area contributed by atoms with Gasteiger partial charge in [-0.05, 0) is 0 Å². The fourth-order valence-electron chi connectivity index (χ4n) is 0. The van der Waals surface area contributed by atoms with E-state index in [1.807, 2.05) is 0 Å². The molecular formula is BO2S. The molecule has 2 nitrogen and oxygen atoms in total. The number of rotatable bonds is 0. The molecule has 0 saturated carbocycles. The molecule has 0 aliphatic rings. The molecule has 0 heterocycles. The van der Waals surface area contributed by atoms with Crippen LogP contribution in [0.2, 0.25) is 0 Å². The first-order valence-electron chi connectivity index (χ1n) is 0.569. The fourth-order valence-corrected chi connectivity index (χ4v) is 0. The molecule has 0 amide bonds. The molecule has 0 fully saturated rings. The van der Waals surface area contributed by atoms with E-state index in [1.165, 1.54) is 0 Å². The van der Waals surface area contributed by atoms with Crippen molar-refractivity contribution in [3.63, 3.8) is 0 Å². The SMILES string of the molecule is [B]=S(=O)=O. The molecule has 0 aromatic heterocycles. The maximum atomic E-state index is 8.78. The van der Waals surface area contributed by atoms with Crippen LogP contribution in [0, 0.1) is 0 Å². The normalized spacial score (nSPS) is 5.75. The summed E-state index contributed by atoms with van der Waals surface area (Å²) >= 11 is 0. The summed E-state index contributed by atoms with van der Waals surface area (Å²) in [5, 5.41) is 0. The monoisotopic (exact) mass is 75.0 g/mol. The van der Waals surface area contributed by atoms with Crippen molar-refractivity contribution in [1.82, 2.24) is 0 Å². The van der Waals surface area contributed by atoms with Gasteiger partial charge in [-0.1, -0.05) is 0 Å². The van der Waals surface area contributed by atoms with E-state index in [9.17, 15) is 0 Å². The summed E-state index contributed by atoms with van der Waals surface area (Å²) in [5.41, 5.74) is 0. The van der Waals surface area contributed by atoms with Crippen LogP contribution >= 0.6 is 0 Å². The molecule has 0 atom stereocenters. The molecule has 0 unspecified atom stereocenters. The van der Waals surface area contributed by atoms with Gasteiger partial charge in [-0.15, -0.1) is 0 Å². The van der Waals surface area contributed by atoms with Gasteiger partial charge in [-0.3, -0.25) is 0 Å². The van der Waals surface area contributed by atoms with Crippen molar-refractivity contribution in [2.24, 2.45) is 0 Å². The van der Waals surface area contributed by atoms with Gasteiger partial charge in [0.05, 0.1) is 0 Å². The van der Waals surface area contributed by atoms with Gasteiger partial charge in [0.25, 0.3) is 0 Å². The summed E-state index contributed by atoms with van der Waals surface area (Å²) in [5.74, 6) is 0. The zero-order valence-electron chi connectivity index (χ0n) is 1.80. The van der Waals surface area contributed by atoms with Crippen LogP contribution in [0.25, 0.3) is 0 Å². The third-order valence-corrected chi connectivity index (χ3v) is 0. The van der Waals surface area contributed by atoms with E-state index >= 15 is 0 Å². The van der Waals surface area contributed by atoms with Gasteiger partial charge in [0.1, 0.15) is 0 Å². The first kappa shape index (κ1) is 3.88. The van der Waals surface area contributed by atoms with Gasteiger partial charge in [-0.2, -0.15) is 0 Å². The summed E-state index contributed by atoms with van der Waals surface area (Å²) in [6, 6.07) is 0. The first-order chi connectivity index (χ1) is 1.73. The van der Waals surface area contributed by atoms with Crippen molar-refractivity contribution in [3.05, 3.63) is 0 Å². The molecule has 0 rings (SSSR count). The van der Waals surface area contributed by atoms with Crippen molar-refractivity contribution in [1.29, 1.82) is 0 Å². The van der Waals surface area contributed by atoms with Gasteiger partial charge < -0.3 is 0 Å².